The van der Waals surface area contributed by atoms with Gasteiger partial charge in [0, 0.05) is 18.7 Å². The Morgan fingerprint density at radius 3 is 2.55 bits per heavy atom. The smallest absolute Gasteiger partial charge is 0.311 e. The topological polar surface area (TPSA) is 92.4 Å². The van der Waals surface area contributed by atoms with Crippen LogP contribution in [0, 0.1) is 5.41 Å². The Balaban J connectivity index is 2.45. The van der Waals surface area contributed by atoms with Crippen LogP contribution in [0.3, 0.4) is 0 Å². The van der Waals surface area contributed by atoms with E-state index in [2.05, 4.69) is 5.32 Å². The Morgan fingerprint density at radius 1 is 1.35 bits per heavy atom. The van der Waals surface area contributed by atoms with Crippen LogP contribution in [-0.4, -0.2) is 23.5 Å². The lowest BCUT2D eigenvalue weighted by atomic mass is 9.87. The molecule has 0 aliphatic rings. The minimum atomic E-state index is -0.915. The van der Waals surface area contributed by atoms with Crippen LogP contribution in [0.25, 0.3) is 0 Å². The zero-order chi connectivity index (χ0) is 15.2. The van der Waals surface area contributed by atoms with Crippen LogP contribution in [0.5, 0.6) is 0 Å². The van der Waals surface area contributed by atoms with E-state index in [1.807, 2.05) is 18.2 Å². The number of carboxylic acids is 1. The molecule has 0 bridgehead atoms. The van der Waals surface area contributed by atoms with Crippen molar-refractivity contribution in [3.05, 3.63) is 29.8 Å². The third-order valence-electron chi connectivity index (χ3n) is 3.65. The summed E-state index contributed by atoms with van der Waals surface area (Å²) in [6.45, 7) is 3.57. The van der Waals surface area contributed by atoms with Crippen LogP contribution in [0.15, 0.2) is 24.3 Å². The molecule has 110 valence electrons. The molecule has 5 nitrogen and oxygen atoms in total. The second-order valence-corrected chi connectivity index (χ2v) is 5.19. The lowest BCUT2D eigenvalue weighted by molar-refractivity contribution is -0.148. The lowest BCUT2D eigenvalue weighted by Gasteiger charge is -2.23. The maximum absolute atomic E-state index is 11.8. The van der Waals surface area contributed by atoms with E-state index in [1.165, 1.54) is 0 Å². The maximum atomic E-state index is 11.8. The number of carbonyl (C=O) groups excluding carboxylic acids is 1. The van der Waals surface area contributed by atoms with E-state index in [1.54, 1.807) is 19.9 Å². The summed E-state index contributed by atoms with van der Waals surface area (Å²) in [7, 11) is 0. The number of rotatable bonds is 7. The van der Waals surface area contributed by atoms with Gasteiger partial charge in [0.1, 0.15) is 0 Å². The third kappa shape index (κ3) is 4.26. The van der Waals surface area contributed by atoms with Crippen molar-refractivity contribution in [3.8, 4) is 0 Å². The number of aryl methyl sites for hydroxylation is 1. The van der Waals surface area contributed by atoms with Crippen molar-refractivity contribution in [1.82, 2.24) is 5.32 Å². The van der Waals surface area contributed by atoms with Crippen molar-refractivity contribution in [3.63, 3.8) is 0 Å². The molecule has 0 heterocycles. The first-order chi connectivity index (χ1) is 9.39. The molecule has 4 N–H and O–H groups in total. The molecule has 1 rings (SSSR count). The van der Waals surface area contributed by atoms with Gasteiger partial charge >= 0.3 is 5.97 Å². The number of nitrogens with two attached hydrogens (primary N) is 1. The highest BCUT2D eigenvalue weighted by molar-refractivity contribution is 5.79. The molecule has 5 heteroatoms. The molecule has 20 heavy (non-hydrogen) atoms. The van der Waals surface area contributed by atoms with Gasteiger partial charge in [-0.15, -0.1) is 0 Å². The fourth-order valence-corrected chi connectivity index (χ4v) is 1.74. The van der Waals surface area contributed by atoms with Gasteiger partial charge in [0.15, 0.2) is 0 Å². The predicted octanol–water partition coefficient (Wildman–Crippen LogP) is 1.82. The number of anilines is 1. The third-order valence-corrected chi connectivity index (χ3v) is 3.65. The van der Waals surface area contributed by atoms with Crippen LogP contribution in [0.1, 0.15) is 32.3 Å². The van der Waals surface area contributed by atoms with E-state index in [0.29, 0.717) is 24.9 Å². The highest BCUT2D eigenvalue weighted by Gasteiger charge is 2.31. The fraction of sp³-hybridized carbons (Fsp3) is 0.467. The Kier molecular flexibility index (Phi) is 5.55. The maximum Gasteiger partial charge on any atom is 0.311 e. The molecule has 0 fully saturated rings. The number of carboxylic acid groups (broad SMARTS) is 1. The van der Waals surface area contributed by atoms with Crippen LogP contribution in [-0.2, 0) is 16.0 Å². The number of amides is 1. The summed E-state index contributed by atoms with van der Waals surface area (Å²) in [4.78, 5) is 22.9. The van der Waals surface area contributed by atoms with Gasteiger partial charge in [0.25, 0.3) is 0 Å². The van der Waals surface area contributed by atoms with E-state index < -0.39 is 11.4 Å². The van der Waals surface area contributed by atoms with Gasteiger partial charge in [0.05, 0.1) is 5.41 Å². The fourth-order valence-electron chi connectivity index (χ4n) is 1.74. The SMILES string of the molecule is CCC(C)(CNC(=O)CCc1ccccc1N)C(=O)O. The van der Waals surface area contributed by atoms with Gasteiger partial charge in [-0.05, 0) is 31.4 Å². The summed E-state index contributed by atoms with van der Waals surface area (Å²) in [5.41, 5.74) is 6.49. The molecule has 0 spiro atoms. The average Bonchev–Trinajstić information content (AvgIpc) is 2.43. The Hall–Kier alpha value is -2.04. The van der Waals surface area contributed by atoms with Gasteiger partial charge in [-0.3, -0.25) is 9.59 Å². The number of carbonyl (C=O) groups is 2. The summed E-state index contributed by atoms with van der Waals surface area (Å²) in [5, 5.41) is 11.8. The molecule has 0 saturated heterocycles. The Bertz CT molecular complexity index is 488. The van der Waals surface area contributed by atoms with Crippen molar-refractivity contribution in [2.24, 2.45) is 5.41 Å². The predicted molar refractivity (Wildman–Crippen MR) is 78.2 cm³/mol. The van der Waals surface area contributed by atoms with Gasteiger partial charge in [-0.2, -0.15) is 0 Å². The zero-order valence-electron chi connectivity index (χ0n) is 12.0. The monoisotopic (exact) mass is 278 g/mol. The molecule has 1 aromatic rings. The van der Waals surface area contributed by atoms with Crippen LogP contribution in [0.4, 0.5) is 5.69 Å². The van der Waals surface area contributed by atoms with Crippen LogP contribution in [0.2, 0.25) is 0 Å². The minimum absolute atomic E-state index is 0.141. The molecule has 1 amide bonds. The first kappa shape index (κ1) is 16.0. The standard InChI is InChI=1S/C15H22N2O3/c1-3-15(2,14(19)20)10-17-13(18)9-8-11-6-4-5-7-12(11)16/h4-7H,3,8-10,16H2,1-2H3,(H,17,18)(H,19,20). The molecule has 0 aromatic heterocycles. The largest absolute Gasteiger partial charge is 0.481 e. The second kappa shape index (κ2) is 6.93. The van der Waals surface area contributed by atoms with Gasteiger partial charge < -0.3 is 16.2 Å². The number of hydrogen-bond acceptors (Lipinski definition) is 3. The molecular weight excluding hydrogens is 256 g/mol. The number of nitrogens with one attached hydrogen (secondary N) is 1. The van der Waals surface area contributed by atoms with Crippen molar-refractivity contribution in [2.45, 2.75) is 33.1 Å². The first-order valence-electron chi connectivity index (χ1n) is 6.72. The van der Waals surface area contributed by atoms with E-state index >= 15 is 0 Å². The number of hydrogen-bond donors (Lipinski definition) is 3. The van der Waals surface area contributed by atoms with Crippen LogP contribution >= 0.6 is 0 Å². The number of aliphatic carboxylic acids is 1. The minimum Gasteiger partial charge on any atom is -0.481 e. The molecule has 1 aromatic carbocycles. The van der Waals surface area contributed by atoms with Gasteiger partial charge in [0.2, 0.25) is 5.91 Å². The molecule has 0 aliphatic carbocycles. The molecule has 0 aliphatic heterocycles. The number of para-hydroxylation sites is 1. The van der Waals surface area contributed by atoms with E-state index in [-0.39, 0.29) is 12.5 Å². The normalized spacial score (nSPS) is 13.5. The van der Waals surface area contributed by atoms with Crippen molar-refractivity contribution < 1.29 is 14.7 Å². The summed E-state index contributed by atoms with van der Waals surface area (Å²) < 4.78 is 0. The molecule has 0 radical (unpaired) electrons. The molecule has 1 unspecified atom stereocenters. The summed E-state index contributed by atoms with van der Waals surface area (Å²) in [6, 6.07) is 7.41. The molecular formula is C15H22N2O3. The summed E-state index contributed by atoms with van der Waals surface area (Å²) in [6.07, 6.45) is 1.32. The zero-order valence-corrected chi connectivity index (χ0v) is 12.0. The van der Waals surface area contributed by atoms with Crippen molar-refractivity contribution >= 4 is 17.6 Å². The highest BCUT2D eigenvalue weighted by atomic mass is 16.4. The lowest BCUT2D eigenvalue weighted by Crippen LogP contribution is -2.40. The number of benzene rings is 1. The second-order valence-electron chi connectivity index (χ2n) is 5.19. The van der Waals surface area contributed by atoms with Gasteiger partial charge in [-0.1, -0.05) is 25.1 Å². The van der Waals surface area contributed by atoms with Crippen LogP contribution < -0.4 is 11.1 Å². The van der Waals surface area contributed by atoms with E-state index in [0.717, 1.165) is 5.56 Å². The molecule has 1 atom stereocenters. The first-order valence-corrected chi connectivity index (χ1v) is 6.72. The van der Waals surface area contributed by atoms with E-state index in [9.17, 15) is 9.59 Å². The van der Waals surface area contributed by atoms with Crippen molar-refractivity contribution in [2.75, 3.05) is 12.3 Å². The summed E-state index contributed by atoms with van der Waals surface area (Å²) >= 11 is 0. The Labute approximate surface area is 119 Å². The highest BCUT2D eigenvalue weighted by Crippen LogP contribution is 2.20. The van der Waals surface area contributed by atoms with Gasteiger partial charge in [-0.25, -0.2) is 0 Å². The van der Waals surface area contributed by atoms with Crippen molar-refractivity contribution in [1.29, 1.82) is 0 Å². The Morgan fingerprint density at radius 2 is 2.00 bits per heavy atom. The average molecular weight is 278 g/mol. The molecule has 0 saturated carbocycles. The quantitative estimate of drug-likeness (QED) is 0.663. The number of nitrogen functional groups attached to an aromatic ring is 1. The van der Waals surface area contributed by atoms with E-state index in [4.69, 9.17) is 10.8 Å². The summed E-state index contributed by atoms with van der Waals surface area (Å²) in [5.74, 6) is -1.05.